The maximum atomic E-state index is 12.9. The Morgan fingerprint density at radius 2 is 1.50 bits per heavy atom. The number of ether oxygens (including phenoxy) is 1. The van der Waals surface area contributed by atoms with Crippen molar-refractivity contribution in [2.45, 2.75) is 33.4 Å². The van der Waals surface area contributed by atoms with Gasteiger partial charge in [-0.05, 0) is 57.2 Å². The number of para-hydroxylation sites is 1. The number of carbonyl (C=O) groups excluding carboxylic acids is 2. The highest BCUT2D eigenvalue weighted by Gasteiger charge is 2.27. The highest BCUT2D eigenvalue weighted by Crippen LogP contribution is 2.23. The summed E-state index contributed by atoms with van der Waals surface area (Å²) in [5, 5.41) is 0. The number of nitrogens with zero attached hydrogens (tertiary/aromatic N) is 3. The molecule has 0 saturated carbocycles. The first kappa shape index (κ1) is 23.5. The molecule has 0 aliphatic carbocycles. The topological polar surface area (TPSA) is 53.1 Å². The Hall–Kier alpha value is -3.16. The molecule has 1 heterocycles. The first-order valence-corrected chi connectivity index (χ1v) is 10.8. The van der Waals surface area contributed by atoms with Crippen molar-refractivity contribution in [2.24, 2.45) is 0 Å². The van der Waals surface area contributed by atoms with Crippen molar-refractivity contribution >= 4 is 17.5 Å². The van der Waals surface area contributed by atoms with Gasteiger partial charge in [-0.3, -0.25) is 9.59 Å². The Kier molecular flexibility index (Phi) is 7.66. The molecule has 1 saturated heterocycles. The average molecular weight is 446 g/mol. The Bertz CT molecular complexity index is 926. The molecule has 2 aromatic carbocycles. The van der Waals surface area contributed by atoms with Gasteiger partial charge in [-0.2, -0.15) is 8.78 Å². The second-order valence-electron chi connectivity index (χ2n) is 7.89. The first-order valence-electron chi connectivity index (χ1n) is 10.8. The van der Waals surface area contributed by atoms with Crippen LogP contribution in [0.5, 0.6) is 5.75 Å². The van der Waals surface area contributed by atoms with Crippen LogP contribution in [0.2, 0.25) is 0 Å². The van der Waals surface area contributed by atoms with E-state index >= 15 is 0 Å². The minimum atomic E-state index is -3.00. The van der Waals surface area contributed by atoms with Gasteiger partial charge in [0, 0.05) is 50.0 Å². The van der Waals surface area contributed by atoms with E-state index in [2.05, 4.69) is 30.4 Å². The summed E-state index contributed by atoms with van der Waals surface area (Å²) in [6.07, 6.45) is 0. The van der Waals surface area contributed by atoms with Gasteiger partial charge in [0.05, 0.1) is 5.56 Å². The van der Waals surface area contributed by atoms with Crippen LogP contribution in [0.25, 0.3) is 0 Å². The maximum Gasteiger partial charge on any atom is 0.387 e. The van der Waals surface area contributed by atoms with Crippen LogP contribution in [0.4, 0.5) is 14.5 Å². The SMILES string of the molecule is CCN(c1ccc(C(=O)N2CCN(C(=O)c3ccccc3OC(F)F)CC2)cc1)C(C)C. The molecule has 0 unspecified atom stereocenters. The number of piperazine rings is 1. The molecule has 0 spiro atoms. The number of benzene rings is 2. The number of alkyl halides is 2. The lowest BCUT2D eigenvalue weighted by molar-refractivity contribution is -0.0503. The van der Waals surface area contributed by atoms with Crippen molar-refractivity contribution < 1.29 is 23.1 Å². The van der Waals surface area contributed by atoms with Crippen LogP contribution in [0.1, 0.15) is 41.5 Å². The quantitative estimate of drug-likeness (QED) is 0.643. The van der Waals surface area contributed by atoms with Crippen LogP contribution in [0, 0.1) is 0 Å². The number of anilines is 1. The molecule has 0 bridgehead atoms. The molecule has 0 N–H and O–H groups in total. The normalized spacial score (nSPS) is 14.1. The van der Waals surface area contributed by atoms with Gasteiger partial charge in [-0.1, -0.05) is 12.1 Å². The summed E-state index contributed by atoms with van der Waals surface area (Å²) < 4.78 is 29.8. The monoisotopic (exact) mass is 445 g/mol. The zero-order chi connectivity index (χ0) is 23.3. The second-order valence-corrected chi connectivity index (χ2v) is 7.89. The molecule has 8 heteroatoms. The fraction of sp³-hybridized carbons (Fsp3) is 0.417. The van der Waals surface area contributed by atoms with Crippen molar-refractivity contribution in [3.05, 3.63) is 59.7 Å². The third kappa shape index (κ3) is 5.36. The minimum Gasteiger partial charge on any atom is -0.434 e. The van der Waals surface area contributed by atoms with Gasteiger partial charge in [0.25, 0.3) is 11.8 Å². The summed E-state index contributed by atoms with van der Waals surface area (Å²) in [5.41, 5.74) is 1.76. The molecule has 0 aromatic heterocycles. The molecule has 1 aliphatic rings. The van der Waals surface area contributed by atoms with E-state index in [1.165, 1.54) is 18.2 Å². The Balaban J connectivity index is 1.62. The first-order chi connectivity index (χ1) is 15.3. The van der Waals surface area contributed by atoms with Crippen molar-refractivity contribution in [3.8, 4) is 5.75 Å². The van der Waals surface area contributed by atoms with E-state index in [1.54, 1.807) is 15.9 Å². The van der Waals surface area contributed by atoms with Crippen molar-refractivity contribution in [2.75, 3.05) is 37.6 Å². The van der Waals surface area contributed by atoms with E-state index in [-0.39, 0.29) is 23.1 Å². The zero-order valence-corrected chi connectivity index (χ0v) is 18.6. The van der Waals surface area contributed by atoms with Gasteiger partial charge in [-0.25, -0.2) is 0 Å². The standard InChI is InChI=1S/C24H29F2N3O3/c1-4-29(17(2)3)19-11-9-18(10-12-19)22(30)27-13-15-28(16-14-27)23(31)20-7-5-6-8-21(20)32-24(25)26/h5-12,17,24H,4,13-16H2,1-3H3. The summed E-state index contributed by atoms with van der Waals surface area (Å²) >= 11 is 0. The Labute approximate surface area is 187 Å². The van der Waals surface area contributed by atoms with Crippen molar-refractivity contribution in [3.63, 3.8) is 0 Å². The molecule has 0 atom stereocenters. The predicted octanol–water partition coefficient (Wildman–Crippen LogP) is 4.12. The van der Waals surface area contributed by atoms with E-state index in [9.17, 15) is 18.4 Å². The molecule has 2 amide bonds. The average Bonchev–Trinajstić information content (AvgIpc) is 2.79. The highest BCUT2D eigenvalue weighted by molar-refractivity contribution is 5.97. The number of hydrogen-bond donors (Lipinski definition) is 0. The number of hydrogen-bond acceptors (Lipinski definition) is 4. The fourth-order valence-corrected chi connectivity index (χ4v) is 3.95. The second kappa shape index (κ2) is 10.4. The third-order valence-electron chi connectivity index (χ3n) is 5.60. The molecule has 2 aromatic rings. The van der Waals surface area contributed by atoms with Crippen LogP contribution < -0.4 is 9.64 Å². The van der Waals surface area contributed by atoms with Gasteiger partial charge in [-0.15, -0.1) is 0 Å². The van der Waals surface area contributed by atoms with Crippen LogP contribution in [0.3, 0.4) is 0 Å². The predicted molar refractivity (Wildman–Crippen MR) is 119 cm³/mol. The lowest BCUT2D eigenvalue weighted by atomic mass is 10.1. The smallest absolute Gasteiger partial charge is 0.387 e. The van der Waals surface area contributed by atoms with Crippen molar-refractivity contribution in [1.29, 1.82) is 0 Å². The minimum absolute atomic E-state index is 0.0855. The van der Waals surface area contributed by atoms with E-state index in [0.29, 0.717) is 37.8 Å². The lowest BCUT2D eigenvalue weighted by Gasteiger charge is -2.35. The fourth-order valence-electron chi connectivity index (χ4n) is 3.95. The van der Waals surface area contributed by atoms with Gasteiger partial charge in [0.2, 0.25) is 0 Å². The van der Waals surface area contributed by atoms with Crippen LogP contribution in [-0.2, 0) is 0 Å². The highest BCUT2D eigenvalue weighted by atomic mass is 19.3. The van der Waals surface area contributed by atoms with Crippen LogP contribution in [-0.4, -0.2) is 67.0 Å². The number of amides is 2. The maximum absolute atomic E-state index is 12.9. The number of rotatable bonds is 7. The van der Waals surface area contributed by atoms with Gasteiger partial charge >= 0.3 is 6.61 Å². The summed E-state index contributed by atoms with van der Waals surface area (Å²) in [4.78, 5) is 31.2. The van der Waals surface area contributed by atoms with E-state index < -0.39 is 6.61 Å². The van der Waals surface area contributed by atoms with E-state index in [4.69, 9.17) is 0 Å². The molecule has 1 fully saturated rings. The zero-order valence-electron chi connectivity index (χ0n) is 18.6. The Morgan fingerprint density at radius 3 is 2.03 bits per heavy atom. The summed E-state index contributed by atoms with van der Waals surface area (Å²) in [6, 6.07) is 13.9. The van der Waals surface area contributed by atoms with E-state index in [1.807, 2.05) is 24.3 Å². The van der Waals surface area contributed by atoms with Crippen LogP contribution in [0.15, 0.2) is 48.5 Å². The number of halogens is 2. The molecule has 1 aliphatic heterocycles. The summed E-state index contributed by atoms with van der Waals surface area (Å²) in [7, 11) is 0. The van der Waals surface area contributed by atoms with E-state index in [0.717, 1.165) is 12.2 Å². The summed E-state index contributed by atoms with van der Waals surface area (Å²) in [5.74, 6) is -0.614. The molecular formula is C24H29F2N3O3. The van der Waals surface area contributed by atoms with Crippen LogP contribution >= 0.6 is 0 Å². The summed E-state index contributed by atoms with van der Waals surface area (Å²) in [6.45, 7) is 5.61. The van der Waals surface area contributed by atoms with Gasteiger partial charge in [0.1, 0.15) is 5.75 Å². The van der Waals surface area contributed by atoms with Gasteiger partial charge in [0.15, 0.2) is 0 Å². The largest absolute Gasteiger partial charge is 0.434 e. The molecule has 3 rings (SSSR count). The molecular weight excluding hydrogens is 416 g/mol. The van der Waals surface area contributed by atoms with Gasteiger partial charge < -0.3 is 19.4 Å². The molecule has 6 nitrogen and oxygen atoms in total. The number of carbonyl (C=O) groups is 2. The Morgan fingerprint density at radius 1 is 0.938 bits per heavy atom. The molecule has 0 radical (unpaired) electrons. The lowest BCUT2D eigenvalue weighted by Crippen LogP contribution is -2.50. The molecule has 32 heavy (non-hydrogen) atoms. The van der Waals surface area contributed by atoms with Crippen molar-refractivity contribution in [1.82, 2.24) is 9.80 Å². The third-order valence-corrected chi connectivity index (χ3v) is 5.60. The molecule has 172 valence electrons.